The second-order valence-electron chi connectivity index (χ2n) is 8.82. The maximum Gasteiger partial charge on any atom is 0.345 e. The molecule has 3 N–H and O–H groups in total. The van der Waals surface area contributed by atoms with Crippen molar-refractivity contribution in [3.8, 4) is 17.0 Å². The lowest BCUT2D eigenvalue weighted by Crippen LogP contribution is -2.42. The molecule has 0 saturated carbocycles. The summed E-state index contributed by atoms with van der Waals surface area (Å²) < 4.78 is 2.19. The monoisotopic (exact) mass is 452 g/mol. The third kappa shape index (κ3) is 4.05. The molecule has 2 aromatic heterocycles. The summed E-state index contributed by atoms with van der Waals surface area (Å²) in [5, 5.41) is 20.8. The number of aromatic amines is 1. The molecule has 8 heteroatoms. The van der Waals surface area contributed by atoms with E-state index in [1.807, 2.05) is 25.1 Å². The van der Waals surface area contributed by atoms with Crippen molar-refractivity contribution < 1.29 is 15.0 Å². The van der Waals surface area contributed by atoms with Gasteiger partial charge < -0.3 is 19.8 Å². The zero-order valence-electron chi connectivity index (χ0n) is 19.7. The van der Waals surface area contributed by atoms with Crippen LogP contribution in [-0.2, 0) is 20.0 Å². The van der Waals surface area contributed by atoms with Crippen molar-refractivity contribution in [3.05, 3.63) is 51.4 Å². The molecule has 1 saturated heterocycles. The summed E-state index contributed by atoms with van der Waals surface area (Å²) in [6, 6.07) is 8.05. The van der Waals surface area contributed by atoms with Gasteiger partial charge in [-0.1, -0.05) is 19.9 Å². The largest absolute Gasteiger partial charge is 0.506 e. The van der Waals surface area contributed by atoms with Gasteiger partial charge in [-0.3, -0.25) is 14.6 Å². The number of carboxylic acid groups (broad SMARTS) is 1. The van der Waals surface area contributed by atoms with Crippen LogP contribution in [0.25, 0.3) is 22.2 Å². The van der Waals surface area contributed by atoms with Crippen LogP contribution < -0.4 is 5.56 Å². The number of benzene rings is 1. The lowest BCUT2D eigenvalue weighted by Gasteiger charge is -2.31. The van der Waals surface area contributed by atoms with Crippen LogP contribution in [0.4, 0.5) is 0 Å². The molecule has 1 aliphatic rings. The highest BCUT2D eigenvalue weighted by atomic mass is 16.4. The van der Waals surface area contributed by atoms with Gasteiger partial charge in [0.1, 0.15) is 5.75 Å². The molecule has 4 rings (SSSR count). The number of rotatable bonds is 7. The highest BCUT2D eigenvalue weighted by Gasteiger charge is 2.27. The molecule has 8 nitrogen and oxygen atoms in total. The maximum absolute atomic E-state index is 12.4. The number of pyridine rings is 1. The Morgan fingerprint density at radius 2 is 2.03 bits per heavy atom. The summed E-state index contributed by atoms with van der Waals surface area (Å²) in [6.07, 6.45) is 3.25. The normalized spacial score (nSPS) is 16.8. The fourth-order valence-corrected chi connectivity index (χ4v) is 5.17. The van der Waals surface area contributed by atoms with Gasteiger partial charge in [0.25, 0.3) is 5.56 Å². The van der Waals surface area contributed by atoms with Crippen LogP contribution in [0, 0.1) is 0 Å². The fourth-order valence-electron chi connectivity index (χ4n) is 5.17. The number of hydrogen-bond donors (Lipinski definition) is 3. The zero-order valence-corrected chi connectivity index (χ0v) is 19.7. The van der Waals surface area contributed by atoms with Crippen LogP contribution in [0.5, 0.6) is 5.75 Å². The number of H-pyrrole nitrogens is 1. The van der Waals surface area contributed by atoms with Gasteiger partial charge in [0, 0.05) is 35.8 Å². The number of fused-ring (bicyclic) bond motifs is 1. The Bertz CT molecular complexity index is 1260. The first-order valence-corrected chi connectivity index (χ1v) is 11.5. The summed E-state index contributed by atoms with van der Waals surface area (Å²) >= 11 is 0. The van der Waals surface area contributed by atoms with E-state index in [0.29, 0.717) is 23.8 Å². The van der Waals surface area contributed by atoms with Gasteiger partial charge in [0.05, 0.1) is 11.9 Å². The number of carboxylic acids is 1. The number of nitrogens with zero attached hydrogens (tertiary/aromatic N) is 3. The Labute approximate surface area is 193 Å². The quantitative estimate of drug-likeness (QED) is 0.508. The van der Waals surface area contributed by atoms with E-state index in [1.54, 1.807) is 0 Å². The molecule has 1 unspecified atom stereocenters. The van der Waals surface area contributed by atoms with Crippen LogP contribution in [-0.4, -0.2) is 61.8 Å². The third-order valence-corrected chi connectivity index (χ3v) is 6.94. The fraction of sp³-hybridized carbons (Fsp3) is 0.440. The predicted molar refractivity (Wildman–Crippen MR) is 129 cm³/mol. The van der Waals surface area contributed by atoms with Crippen molar-refractivity contribution in [2.45, 2.75) is 45.8 Å². The minimum absolute atomic E-state index is 0.385. The Balaban J connectivity index is 1.72. The second kappa shape index (κ2) is 9.03. The van der Waals surface area contributed by atoms with Crippen molar-refractivity contribution in [1.29, 1.82) is 0 Å². The number of likely N-dealkylation sites (tertiary alicyclic amines) is 1. The summed E-state index contributed by atoms with van der Waals surface area (Å²) in [7, 11) is 4.23. The first-order chi connectivity index (χ1) is 15.8. The number of hydrogen-bond acceptors (Lipinski definition) is 5. The van der Waals surface area contributed by atoms with Crippen molar-refractivity contribution in [2.24, 2.45) is 7.05 Å². The molecular formula is C25H32N4O4. The molecule has 0 amide bonds. The minimum atomic E-state index is -1.44. The molecule has 1 fully saturated rings. The number of aromatic carboxylic acids is 1. The lowest BCUT2D eigenvalue weighted by atomic mass is 9.99. The zero-order chi connectivity index (χ0) is 23.9. The molecule has 33 heavy (non-hydrogen) atoms. The molecule has 176 valence electrons. The molecule has 1 aliphatic heterocycles. The van der Waals surface area contributed by atoms with E-state index in [4.69, 9.17) is 0 Å². The Morgan fingerprint density at radius 3 is 2.70 bits per heavy atom. The van der Waals surface area contributed by atoms with Gasteiger partial charge >= 0.3 is 5.97 Å². The first kappa shape index (κ1) is 23.1. The van der Waals surface area contributed by atoms with Gasteiger partial charge in [-0.2, -0.15) is 0 Å². The highest BCUT2D eigenvalue weighted by molar-refractivity contribution is 5.92. The van der Waals surface area contributed by atoms with E-state index in [9.17, 15) is 19.8 Å². The second-order valence-corrected chi connectivity index (χ2v) is 8.82. The number of aromatic hydroxyl groups is 1. The summed E-state index contributed by atoms with van der Waals surface area (Å²) in [4.78, 5) is 31.4. The minimum Gasteiger partial charge on any atom is -0.506 e. The first-order valence-electron chi connectivity index (χ1n) is 11.5. The molecule has 3 heterocycles. The topological polar surface area (TPSA) is 102 Å². The van der Waals surface area contributed by atoms with Crippen molar-refractivity contribution in [2.75, 3.05) is 20.1 Å². The average molecular weight is 453 g/mol. The molecule has 0 radical (unpaired) electrons. The van der Waals surface area contributed by atoms with Gasteiger partial charge in [-0.15, -0.1) is 0 Å². The van der Waals surface area contributed by atoms with E-state index in [1.165, 1.54) is 18.5 Å². The molecule has 0 aliphatic carbocycles. The van der Waals surface area contributed by atoms with Crippen LogP contribution in [0.1, 0.15) is 48.3 Å². The van der Waals surface area contributed by atoms with E-state index in [-0.39, 0.29) is 0 Å². The highest BCUT2D eigenvalue weighted by Crippen LogP contribution is 2.32. The van der Waals surface area contributed by atoms with Gasteiger partial charge in [-0.25, -0.2) is 4.79 Å². The average Bonchev–Trinajstić information content (AvgIpc) is 3.37. The van der Waals surface area contributed by atoms with Gasteiger partial charge in [0.2, 0.25) is 0 Å². The Hall–Kier alpha value is -3.10. The number of nitrogens with one attached hydrogen (secondary N) is 1. The number of aromatic nitrogens is 2. The van der Waals surface area contributed by atoms with E-state index >= 15 is 0 Å². The molecule has 1 atom stereocenters. The van der Waals surface area contributed by atoms with E-state index in [0.717, 1.165) is 36.1 Å². The van der Waals surface area contributed by atoms with Crippen LogP contribution in [0.3, 0.4) is 0 Å². The molecule has 3 aromatic rings. The molecule has 0 spiro atoms. The summed E-state index contributed by atoms with van der Waals surface area (Å²) in [5.74, 6) is -1.90. The standard InChI is InChI=1S/C25H32N4O4/c1-5-18-22(26-24(31)21(23(18)30)25(32)33)15-9-10-19-16(12-15)13-17(28(19)4)14-27(3)20-8-7-11-29(20)6-2/h9-10,12-13,20H,5-8,11,14H2,1-4H3,(H,32,33)(H2,26,30,31). The Morgan fingerprint density at radius 1 is 1.27 bits per heavy atom. The lowest BCUT2D eigenvalue weighted by molar-refractivity contribution is 0.0691. The number of aryl methyl sites for hydroxylation is 1. The Kier molecular flexibility index (Phi) is 6.32. The van der Waals surface area contributed by atoms with Crippen molar-refractivity contribution >= 4 is 16.9 Å². The van der Waals surface area contributed by atoms with Crippen LogP contribution in [0.15, 0.2) is 29.1 Å². The van der Waals surface area contributed by atoms with Crippen LogP contribution in [0.2, 0.25) is 0 Å². The summed E-state index contributed by atoms with van der Waals surface area (Å²) in [5.41, 5.74) is 2.47. The van der Waals surface area contributed by atoms with Gasteiger partial charge in [0.15, 0.2) is 5.56 Å². The van der Waals surface area contributed by atoms with E-state index in [2.05, 4.69) is 46.4 Å². The molecule has 0 bridgehead atoms. The third-order valence-electron chi connectivity index (χ3n) is 6.94. The van der Waals surface area contributed by atoms with E-state index < -0.39 is 22.8 Å². The number of carbonyl (C=O) groups is 1. The van der Waals surface area contributed by atoms with Gasteiger partial charge in [-0.05, 0) is 63.2 Å². The SMILES string of the molecule is CCc1c(-c2ccc3c(c2)cc(CN(C)C2CCCN2CC)n3C)[nH]c(=O)c(C(=O)O)c1O. The predicted octanol–water partition coefficient (Wildman–Crippen LogP) is 3.37. The summed E-state index contributed by atoms with van der Waals surface area (Å²) in [6.45, 7) is 7.06. The van der Waals surface area contributed by atoms with Crippen molar-refractivity contribution in [3.63, 3.8) is 0 Å². The maximum atomic E-state index is 12.4. The van der Waals surface area contributed by atoms with Crippen LogP contribution >= 0.6 is 0 Å². The smallest absolute Gasteiger partial charge is 0.345 e. The molecular weight excluding hydrogens is 420 g/mol. The molecule has 1 aromatic carbocycles. The van der Waals surface area contributed by atoms with Crippen molar-refractivity contribution in [1.82, 2.24) is 19.4 Å².